The van der Waals surface area contributed by atoms with Gasteiger partial charge < -0.3 is 15.1 Å². The lowest BCUT2D eigenvalue weighted by atomic mass is 10.2. The molecule has 1 N–H and O–H groups in total. The van der Waals surface area contributed by atoms with E-state index in [4.69, 9.17) is 0 Å². The van der Waals surface area contributed by atoms with Crippen molar-refractivity contribution >= 4 is 35.0 Å². The monoisotopic (exact) mass is 367 g/mol. The van der Waals surface area contributed by atoms with Crippen LogP contribution in [-0.2, 0) is 9.59 Å². The summed E-state index contributed by atoms with van der Waals surface area (Å²) >= 11 is 1.48. The number of nitrogens with one attached hydrogen (secondary N) is 1. The molecule has 5 nitrogen and oxygen atoms in total. The van der Waals surface area contributed by atoms with Crippen LogP contribution in [0, 0.1) is 0 Å². The molecule has 6 heteroatoms. The summed E-state index contributed by atoms with van der Waals surface area (Å²) in [7, 11) is 0. The van der Waals surface area contributed by atoms with Gasteiger partial charge in [0.05, 0.1) is 10.9 Å². The van der Waals surface area contributed by atoms with E-state index in [2.05, 4.69) is 22.3 Å². The summed E-state index contributed by atoms with van der Waals surface area (Å²) in [6.07, 6.45) is 0.246. The van der Waals surface area contributed by atoms with Crippen molar-refractivity contribution in [2.45, 2.75) is 16.6 Å². The number of carbonyl (C=O) groups excluding carboxylic acids is 2. The number of rotatable bonds is 3. The van der Waals surface area contributed by atoms with Gasteiger partial charge in [-0.1, -0.05) is 30.3 Å². The lowest BCUT2D eigenvalue weighted by Crippen LogP contribution is -2.49. The van der Waals surface area contributed by atoms with Crippen molar-refractivity contribution in [2.24, 2.45) is 0 Å². The van der Waals surface area contributed by atoms with Crippen LogP contribution in [0.2, 0.25) is 0 Å². The number of anilines is 2. The highest BCUT2D eigenvalue weighted by Crippen LogP contribution is 2.36. The van der Waals surface area contributed by atoms with E-state index >= 15 is 0 Å². The molecule has 134 valence electrons. The SMILES string of the molecule is O=C1Nc2ccccc2SC1CC(=O)N1CCN(c2ccccc2)CC1. The number of para-hydroxylation sites is 2. The number of hydrogen-bond donors (Lipinski definition) is 1. The highest BCUT2D eigenvalue weighted by atomic mass is 32.2. The van der Waals surface area contributed by atoms with Crippen LogP contribution in [-0.4, -0.2) is 48.1 Å². The molecule has 2 heterocycles. The van der Waals surface area contributed by atoms with Gasteiger partial charge in [-0.05, 0) is 24.3 Å². The minimum absolute atomic E-state index is 0.0599. The molecule has 0 spiro atoms. The Morgan fingerprint density at radius 3 is 2.46 bits per heavy atom. The van der Waals surface area contributed by atoms with Crippen molar-refractivity contribution in [3.05, 3.63) is 54.6 Å². The van der Waals surface area contributed by atoms with Gasteiger partial charge in [-0.15, -0.1) is 11.8 Å². The quantitative estimate of drug-likeness (QED) is 0.906. The van der Waals surface area contributed by atoms with Gasteiger partial charge in [0.25, 0.3) is 0 Å². The molecular weight excluding hydrogens is 346 g/mol. The Bertz CT molecular complexity index is 804. The van der Waals surface area contributed by atoms with Gasteiger partial charge in [0.1, 0.15) is 0 Å². The molecule has 2 aliphatic heterocycles. The lowest BCUT2D eigenvalue weighted by molar-refractivity contribution is -0.132. The Balaban J connectivity index is 1.34. The number of amides is 2. The minimum atomic E-state index is -0.357. The third kappa shape index (κ3) is 3.55. The van der Waals surface area contributed by atoms with E-state index in [1.807, 2.05) is 47.4 Å². The van der Waals surface area contributed by atoms with Gasteiger partial charge in [0.2, 0.25) is 11.8 Å². The average molecular weight is 367 g/mol. The standard InChI is InChI=1S/C20H21N3O2S/c24-19(14-18-20(25)21-16-8-4-5-9-17(16)26-18)23-12-10-22(11-13-23)15-6-2-1-3-7-15/h1-9,18H,10-14H2,(H,21,25). The van der Waals surface area contributed by atoms with Crippen LogP contribution in [0.25, 0.3) is 0 Å². The summed E-state index contributed by atoms with van der Waals surface area (Å²) in [6, 6.07) is 18.0. The fourth-order valence-corrected chi connectivity index (χ4v) is 4.47. The van der Waals surface area contributed by atoms with E-state index in [-0.39, 0.29) is 23.5 Å². The molecule has 0 aliphatic carbocycles. The Morgan fingerprint density at radius 2 is 1.69 bits per heavy atom. The number of fused-ring (bicyclic) bond motifs is 1. The van der Waals surface area contributed by atoms with Crippen molar-refractivity contribution in [2.75, 3.05) is 36.4 Å². The molecule has 2 amide bonds. The molecule has 0 saturated carbocycles. The Hall–Kier alpha value is -2.47. The van der Waals surface area contributed by atoms with Crippen LogP contribution in [0.1, 0.15) is 6.42 Å². The Labute approximate surface area is 157 Å². The Kier molecular flexibility index (Phi) is 4.84. The molecular formula is C20H21N3O2S. The van der Waals surface area contributed by atoms with Crippen molar-refractivity contribution in [3.63, 3.8) is 0 Å². The first-order valence-electron chi connectivity index (χ1n) is 8.85. The van der Waals surface area contributed by atoms with E-state index in [1.54, 1.807) is 0 Å². The summed E-state index contributed by atoms with van der Waals surface area (Å²) in [5.41, 5.74) is 2.03. The van der Waals surface area contributed by atoms with Crippen LogP contribution in [0.5, 0.6) is 0 Å². The number of nitrogens with zero attached hydrogens (tertiary/aromatic N) is 2. The maximum atomic E-state index is 12.7. The minimum Gasteiger partial charge on any atom is -0.368 e. The zero-order valence-corrected chi connectivity index (χ0v) is 15.2. The van der Waals surface area contributed by atoms with Crippen molar-refractivity contribution in [1.29, 1.82) is 0 Å². The van der Waals surface area contributed by atoms with Gasteiger partial charge in [-0.2, -0.15) is 0 Å². The molecule has 2 aliphatic rings. The first kappa shape index (κ1) is 17.0. The van der Waals surface area contributed by atoms with Gasteiger partial charge in [0, 0.05) is 43.2 Å². The Morgan fingerprint density at radius 1 is 1.00 bits per heavy atom. The molecule has 0 aromatic heterocycles. The summed E-state index contributed by atoms with van der Waals surface area (Å²) in [5.74, 6) is -0.0188. The predicted octanol–water partition coefficient (Wildman–Crippen LogP) is 2.84. The second-order valence-corrected chi connectivity index (χ2v) is 7.74. The first-order valence-corrected chi connectivity index (χ1v) is 9.73. The predicted molar refractivity (Wildman–Crippen MR) is 105 cm³/mol. The first-order chi connectivity index (χ1) is 12.7. The maximum Gasteiger partial charge on any atom is 0.238 e. The second kappa shape index (κ2) is 7.41. The fraction of sp³-hybridized carbons (Fsp3) is 0.300. The van der Waals surface area contributed by atoms with Crippen LogP contribution >= 0.6 is 11.8 Å². The van der Waals surface area contributed by atoms with Crippen LogP contribution in [0.15, 0.2) is 59.5 Å². The van der Waals surface area contributed by atoms with Gasteiger partial charge in [-0.3, -0.25) is 9.59 Å². The van der Waals surface area contributed by atoms with Gasteiger partial charge in [0.15, 0.2) is 0 Å². The highest BCUT2D eigenvalue weighted by molar-refractivity contribution is 8.01. The summed E-state index contributed by atoms with van der Waals surface area (Å²) in [6.45, 7) is 3.04. The van der Waals surface area contributed by atoms with E-state index in [0.29, 0.717) is 13.1 Å². The van der Waals surface area contributed by atoms with Crippen LogP contribution in [0.3, 0.4) is 0 Å². The van der Waals surface area contributed by atoms with Crippen molar-refractivity contribution < 1.29 is 9.59 Å². The van der Waals surface area contributed by atoms with Gasteiger partial charge in [-0.25, -0.2) is 0 Å². The van der Waals surface area contributed by atoms with E-state index in [1.165, 1.54) is 17.4 Å². The van der Waals surface area contributed by atoms with E-state index in [0.717, 1.165) is 23.7 Å². The summed E-state index contributed by atoms with van der Waals surface area (Å²) in [5, 5.41) is 2.55. The third-order valence-electron chi connectivity index (χ3n) is 4.82. The maximum absolute atomic E-state index is 12.7. The van der Waals surface area contributed by atoms with E-state index in [9.17, 15) is 9.59 Å². The lowest BCUT2D eigenvalue weighted by Gasteiger charge is -2.36. The van der Waals surface area contributed by atoms with Crippen molar-refractivity contribution in [1.82, 2.24) is 4.90 Å². The fourth-order valence-electron chi connectivity index (χ4n) is 3.37. The van der Waals surface area contributed by atoms with Gasteiger partial charge >= 0.3 is 0 Å². The number of piperazine rings is 1. The molecule has 1 fully saturated rings. The molecule has 2 aromatic rings. The molecule has 26 heavy (non-hydrogen) atoms. The van der Waals surface area contributed by atoms with Crippen LogP contribution in [0.4, 0.5) is 11.4 Å². The summed E-state index contributed by atoms with van der Waals surface area (Å²) in [4.78, 5) is 30.2. The molecule has 0 bridgehead atoms. The highest BCUT2D eigenvalue weighted by Gasteiger charge is 2.31. The zero-order valence-electron chi connectivity index (χ0n) is 14.4. The van der Waals surface area contributed by atoms with E-state index < -0.39 is 0 Å². The topological polar surface area (TPSA) is 52.7 Å². The molecule has 1 saturated heterocycles. The van der Waals surface area contributed by atoms with Crippen molar-refractivity contribution in [3.8, 4) is 0 Å². The molecule has 4 rings (SSSR count). The second-order valence-electron chi connectivity index (χ2n) is 6.50. The number of benzene rings is 2. The molecule has 0 radical (unpaired) electrons. The normalized spacial score (nSPS) is 19.7. The third-order valence-corrected chi connectivity index (χ3v) is 6.10. The summed E-state index contributed by atoms with van der Waals surface area (Å²) < 4.78 is 0. The average Bonchev–Trinajstić information content (AvgIpc) is 2.69. The smallest absolute Gasteiger partial charge is 0.238 e. The molecule has 2 aromatic carbocycles. The number of hydrogen-bond acceptors (Lipinski definition) is 4. The zero-order chi connectivity index (χ0) is 17.9. The molecule has 1 unspecified atom stereocenters. The molecule has 1 atom stereocenters. The number of carbonyl (C=O) groups is 2. The largest absolute Gasteiger partial charge is 0.368 e. The number of thioether (sulfide) groups is 1. The van der Waals surface area contributed by atoms with Crippen LogP contribution < -0.4 is 10.2 Å².